The van der Waals surface area contributed by atoms with E-state index in [-0.39, 0.29) is 17.8 Å². The van der Waals surface area contributed by atoms with E-state index < -0.39 is 0 Å². The lowest BCUT2D eigenvalue weighted by molar-refractivity contribution is -0.145. The Morgan fingerprint density at radius 1 is 0.938 bits per heavy atom. The van der Waals surface area contributed by atoms with Crippen LogP contribution in [0, 0.1) is 12.8 Å². The van der Waals surface area contributed by atoms with Gasteiger partial charge in [-0.1, -0.05) is 37.3 Å². The van der Waals surface area contributed by atoms with Gasteiger partial charge in [0.05, 0.1) is 27.2 Å². The molecule has 0 heterocycles. The molecule has 2 rings (SSSR count). The highest BCUT2D eigenvalue weighted by atomic mass is 16.5. The van der Waals surface area contributed by atoms with Gasteiger partial charge in [-0.15, -0.1) is 0 Å². The van der Waals surface area contributed by atoms with Crippen molar-refractivity contribution in [2.24, 2.45) is 5.92 Å². The highest BCUT2D eigenvalue weighted by Crippen LogP contribution is 2.30. The molecule has 6 heteroatoms. The van der Waals surface area contributed by atoms with Crippen molar-refractivity contribution in [1.29, 1.82) is 0 Å². The Balaban J connectivity index is 2.14. The lowest BCUT2D eigenvalue weighted by atomic mass is 10.0. The number of benzene rings is 2. The van der Waals surface area contributed by atoms with Gasteiger partial charge in [0, 0.05) is 24.2 Å². The molecular weight excluding hydrogens is 406 g/mol. The Hall–Kier alpha value is -3.02. The van der Waals surface area contributed by atoms with Gasteiger partial charge >= 0.3 is 5.97 Å². The summed E-state index contributed by atoms with van der Waals surface area (Å²) in [5.41, 5.74) is 2.64. The number of carbonyl (C=O) groups is 2. The zero-order chi connectivity index (χ0) is 23.5. The molecule has 0 fully saturated rings. The van der Waals surface area contributed by atoms with E-state index in [1.165, 1.54) is 12.7 Å². The normalized spacial score (nSPS) is 11.5. The van der Waals surface area contributed by atoms with Crippen LogP contribution in [-0.4, -0.2) is 51.2 Å². The molecule has 0 aliphatic carbocycles. The number of methoxy groups -OCH3 is 3. The van der Waals surface area contributed by atoms with Crippen LogP contribution in [0.25, 0.3) is 0 Å². The SMILES string of the molecule is COC(=O)C(C)CCCN(CCCc1ccccc1)C(=O)c1cc(OC)c(C)c(OC)c1. The van der Waals surface area contributed by atoms with E-state index >= 15 is 0 Å². The number of esters is 1. The Labute approximate surface area is 191 Å². The van der Waals surface area contributed by atoms with Crippen molar-refractivity contribution < 1.29 is 23.8 Å². The molecule has 0 aliphatic heterocycles. The third-order valence-corrected chi connectivity index (χ3v) is 5.69. The van der Waals surface area contributed by atoms with Crippen molar-refractivity contribution in [3.63, 3.8) is 0 Å². The van der Waals surface area contributed by atoms with E-state index in [1.807, 2.05) is 36.9 Å². The number of hydrogen-bond donors (Lipinski definition) is 0. The van der Waals surface area contributed by atoms with Crippen LogP contribution in [-0.2, 0) is 16.0 Å². The molecule has 2 aromatic rings. The predicted molar refractivity (Wildman–Crippen MR) is 125 cm³/mol. The minimum Gasteiger partial charge on any atom is -0.496 e. The molecule has 0 N–H and O–H groups in total. The zero-order valence-electron chi connectivity index (χ0n) is 19.8. The molecular formula is C26H35NO5. The average Bonchev–Trinajstić information content (AvgIpc) is 2.82. The lowest BCUT2D eigenvalue weighted by Crippen LogP contribution is -2.33. The Morgan fingerprint density at radius 3 is 2.09 bits per heavy atom. The summed E-state index contributed by atoms with van der Waals surface area (Å²) in [5, 5.41) is 0. The number of rotatable bonds is 12. The quantitative estimate of drug-likeness (QED) is 0.448. The van der Waals surface area contributed by atoms with Crippen molar-refractivity contribution in [2.75, 3.05) is 34.4 Å². The fraction of sp³-hybridized carbons (Fsp3) is 0.462. The molecule has 1 unspecified atom stereocenters. The maximum Gasteiger partial charge on any atom is 0.308 e. The maximum atomic E-state index is 13.4. The van der Waals surface area contributed by atoms with Crippen molar-refractivity contribution in [2.45, 2.75) is 39.5 Å². The molecule has 1 amide bonds. The fourth-order valence-electron chi connectivity index (χ4n) is 3.73. The Kier molecular flexibility index (Phi) is 10.1. The van der Waals surface area contributed by atoms with Gasteiger partial charge in [0.25, 0.3) is 5.91 Å². The smallest absolute Gasteiger partial charge is 0.308 e. The van der Waals surface area contributed by atoms with E-state index in [4.69, 9.17) is 14.2 Å². The highest BCUT2D eigenvalue weighted by molar-refractivity contribution is 5.95. The molecule has 32 heavy (non-hydrogen) atoms. The molecule has 0 spiro atoms. The first-order chi connectivity index (χ1) is 15.4. The second kappa shape index (κ2) is 12.7. The number of aryl methyl sites for hydroxylation is 1. The number of nitrogens with zero attached hydrogens (tertiary/aromatic N) is 1. The van der Waals surface area contributed by atoms with Gasteiger partial charge in [-0.3, -0.25) is 9.59 Å². The summed E-state index contributed by atoms with van der Waals surface area (Å²) in [6.07, 6.45) is 3.12. The summed E-state index contributed by atoms with van der Waals surface area (Å²) in [7, 11) is 4.57. The van der Waals surface area contributed by atoms with Gasteiger partial charge in [0.15, 0.2) is 0 Å². The highest BCUT2D eigenvalue weighted by Gasteiger charge is 2.20. The van der Waals surface area contributed by atoms with Crippen LogP contribution < -0.4 is 9.47 Å². The predicted octanol–water partition coefficient (Wildman–Crippen LogP) is 4.68. The summed E-state index contributed by atoms with van der Waals surface area (Å²) in [6, 6.07) is 13.8. The van der Waals surface area contributed by atoms with Crippen molar-refractivity contribution in [3.8, 4) is 11.5 Å². The zero-order valence-corrected chi connectivity index (χ0v) is 19.8. The molecule has 0 saturated carbocycles. The third kappa shape index (κ3) is 7.01. The standard InChI is InChI=1S/C26H35NO5/c1-19(26(29)32-5)11-9-15-27(16-10-14-21-12-7-6-8-13-21)25(28)22-17-23(30-3)20(2)24(18-22)31-4/h6-8,12-13,17-19H,9-11,14-16H2,1-5H3. The van der Waals surface area contributed by atoms with E-state index in [9.17, 15) is 9.59 Å². The average molecular weight is 442 g/mol. The molecule has 0 bridgehead atoms. The topological polar surface area (TPSA) is 65.1 Å². The first-order valence-corrected chi connectivity index (χ1v) is 11.0. The van der Waals surface area contributed by atoms with E-state index in [1.54, 1.807) is 26.4 Å². The summed E-state index contributed by atoms with van der Waals surface area (Å²) in [4.78, 5) is 27.0. The van der Waals surface area contributed by atoms with Gasteiger partial charge < -0.3 is 19.1 Å². The molecule has 1 atom stereocenters. The number of ether oxygens (including phenoxy) is 3. The van der Waals surface area contributed by atoms with Gasteiger partial charge in [-0.25, -0.2) is 0 Å². The van der Waals surface area contributed by atoms with Crippen LogP contribution in [0.15, 0.2) is 42.5 Å². The van der Waals surface area contributed by atoms with Crippen molar-refractivity contribution in [1.82, 2.24) is 4.90 Å². The summed E-state index contributed by atoms with van der Waals surface area (Å²) in [5.74, 6) is 0.758. The summed E-state index contributed by atoms with van der Waals surface area (Å²) in [6.45, 7) is 4.94. The van der Waals surface area contributed by atoms with Crippen LogP contribution in [0.3, 0.4) is 0 Å². The Morgan fingerprint density at radius 2 is 1.53 bits per heavy atom. The van der Waals surface area contributed by atoms with Gasteiger partial charge in [0.1, 0.15) is 11.5 Å². The largest absolute Gasteiger partial charge is 0.496 e. The van der Waals surface area contributed by atoms with Gasteiger partial charge in [0.2, 0.25) is 0 Å². The first-order valence-electron chi connectivity index (χ1n) is 11.0. The van der Waals surface area contributed by atoms with E-state index in [2.05, 4.69) is 12.1 Å². The molecule has 0 aromatic heterocycles. The first kappa shape index (κ1) is 25.2. The van der Waals surface area contributed by atoms with Crippen LogP contribution in [0.5, 0.6) is 11.5 Å². The van der Waals surface area contributed by atoms with Gasteiger partial charge in [-0.2, -0.15) is 0 Å². The molecule has 0 saturated heterocycles. The fourth-order valence-corrected chi connectivity index (χ4v) is 3.73. The van der Waals surface area contributed by atoms with Crippen LogP contribution in [0.2, 0.25) is 0 Å². The van der Waals surface area contributed by atoms with Crippen LogP contribution in [0.1, 0.15) is 47.7 Å². The number of carbonyl (C=O) groups excluding carboxylic acids is 2. The minimum atomic E-state index is -0.222. The van der Waals surface area contributed by atoms with E-state index in [0.717, 1.165) is 18.4 Å². The van der Waals surface area contributed by atoms with Crippen LogP contribution >= 0.6 is 0 Å². The lowest BCUT2D eigenvalue weighted by Gasteiger charge is -2.24. The van der Waals surface area contributed by atoms with Crippen LogP contribution in [0.4, 0.5) is 0 Å². The monoisotopic (exact) mass is 441 g/mol. The molecule has 6 nitrogen and oxygen atoms in total. The van der Waals surface area contributed by atoms with Crippen molar-refractivity contribution >= 4 is 11.9 Å². The number of amides is 1. The second-order valence-corrected chi connectivity index (χ2v) is 7.95. The van der Waals surface area contributed by atoms with E-state index in [0.29, 0.717) is 43.0 Å². The summed E-state index contributed by atoms with van der Waals surface area (Å²) >= 11 is 0. The second-order valence-electron chi connectivity index (χ2n) is 7.95. The Bertz CT molecular complexity index is 856. The minimum absolute atomic E-state index is 0.0691. The molecule has 0 radical (unpaired) electrons. The third-order valence-electron chi connectivity index (χ3n) is 5.69. The summed E-state index contributed by atoms with van der Waals surface area (Å²) < 4.78 is 15.7. The molecule has 2 aromatic carbocycles. The van der Waals surface area contributed by atoms with Gasteiger partial charge in [-0.05, 0) is 50.3 Å². The van der Waals surface area contributed by atoms with Crippen molar-refractivity contribution in [3.05, 3.63) is 59.2 Å². The molecule has 0 aliphatic rings. The maximum absolute atomic E-state index is 13.4. The number of hydrogen-bond acceptors (Lipinski definition) is 5. The molecule has 174 valence electrons.